The standard InChI is InChI=1S/C12H23NO3/c1-9(2)7-10(8-14)13(6)11(15)16-12(3,4)5/h8-10H,7H2,1-6H3/t10-/m0/s1. The highest BCUT2D eigenvalue weighted by Gasteiger charge is 2.25. The van der Waals surface area contributed by atoms with Gasteiger partial charge in [-0.1, -0.05) is 13.8 Å². The summed E-state index contributed by atoms with van der Waals surface area (Å²) in [5, 5.41) is 0. The van der Waals surface area contributed by atoms with Gasteiger partial charge in [0.1, 0.15) is 11.9 Å². The molecule has 0 fully saturated rings. The van der Waals surface area contributed by atoms with Crippen LogP contribution in [0.3, 0.4) is 0 Å². The van der Waals surface area contributed by atoms with Crippen molar-refractivity contribution < 1.29 is 14.3 Å². The van der Waals surface area contributed by atoms with Crippen LogP contribution in [0.2, 0.25) is 0 Å². The van der Waals surface area contributed by atoms with Gasteiger partial charge in [0.2, 0.25) is 0 Å². The number of likely N-dealkylation sites (N-methyl/N-ethyl adjacent to an activating group) is 1. The van der Waals surface area contributed by atoms with Crippen molar-refractivity contribution in [1.82, 2.24) is 4.90 Å². The summed E-state index contributed by atoms with van der Waals surface area (Å²) in [7, 11) is 1.59. The second kappa shape index (κ2) is 5.87. The zero-order valence-electron chi connectivity index (χ0n) is 11.1. The number of ether oxygens (including phenoxy) is 1. The molecule has 16 heavy (non-hydrogen) atoms. The van der Waals surface area contributed by atoms with Gasteiger partial charge in [0.25, 0.3) is 0 Å². The van der Waals surface area contributed by atoms with Crippen LogP contribution in [-0.2, 0) is 9.53 Å². The largest absolute Gasteiger partial charge is 0.444 e. The predicted octanol–water partition coefficient (Wildman–Crippen LogP) is 2.47. The number of hydrogen-bond donors (Lipinski definition) is 0. The van der Waals surface area contributed by atoms with Crippen molar-refractivity contribution >= 4 is 12.4 Å². The minimum atomic E-state index is -0.531. The molecule has 0 bridgehead atoms. The molecule has 4 nitrogen and oxygen atoms in total. The van der Waals surface area contributed by atoms with Crippen LogP contribution < -0.4 is 0 Å². The van der Waals surface area contributed by atoms with Crippen molar-refractivity contribution in [2.45, 2.75) is 52.7 Å². The Hall–Kier alpha value is -1.06. The highest BCUT2D eigenvalue weighted by Crippen LogP contribution is 2.13. The summed E-state index contributed by atoms with van der Waals surface area (Å²) in [5.41, 5.74) is -0.531. The molecule has 0 unspecified atom stereocenters. The van der Waals surface area contributed by atoms with E-state index in [0.29, 0.717) is 12.3 Å². The normalized spacial score (nSPS) is 13.4. The van der Waals surface area contributed by atoms with Crippen LogP contribution >= 0.6 is 0 Å². The number of hydrogen-bond acceptors (Lipinski definition) is 3. The fraction of sp³-hybridized carbons (Fsp3) is 0.833. The third-order valence-corrected chi connectivity index (χ3v) is 2.05. The Morgan fingerprint density at radius 1 is 1.38 bits per heavy atom. The summed E-state index contributed by atoms with van der Waals surface area (Å²) in [5.74, 6) is 0.361. The molecule has 0 radical (unpaired) electrons. The lowest BCUT2D eigenvalue weighted by Gasteiger charge is -2.28. The number of aldehydes is 1. The highest BCUT2D eigenvalue weighted by atomic mass is 16.6. The first-order valence-corrected chi connectivity index (χ1v) is 5.58. The average molecular weight is 229 g/mol. The second-order valence-electron chi connectivity index (χ2n) is 5.42. The Bertz CT molecular complexity index is 243. The Balaban J connectivity index is 4.44. The molecule has 0 rings (SSSR count). The Morgan fingerprint density at radius 3 is 2.19 bits per heavy atom. The minimum absolute atomic E-state index is 0.361. The molecule has 0 spiro atoms. The molecule has 0 aliphatic heterocycles. The zero-order valence-corrected chi connectivity index (χ0v) is 11.1. The summed E-state index contributed by atoms with van der Waals surface area (Å²) in [4.78, 5) is 23.9. The van der Waals surface area contributed by atoms with E-state index >= 15 is 0 Å². The molecule has 0 aromatic carbocycles. The number of amides is 1. The second-order valence-corrected chi connectivity index (χ2v) is 5.42. The van der Waals surface area contributed by atoms with Crippen molar-refractivity contribution in [2.24, 2.45) is 5.92 Å². The number of carbonyl (C=O) groups excluding carboxylic acids is 2. The molecule has 0 aromatic rings. The van der Waals surface area contributed by atoms with Gasteiger partial charge in [-0.3, -0.25) is 0 Å². The SMILES string of the molecule is CC(C)C[C@@H](C=O)N(C)C(=O)OC(C)(C)C. The van der Waals surface area contributed by atoms with Crippen LogP contribution in [0.4, 0.5) is 4.79 Å². The van der Waals surface area contributed by atoms with E-state index in [1.807, 2.05) is 13.8 Å². The van der Waals surface area contributed by atoms with Crippen molar-refractivity contribution in [1.29, 1.82) is 0 Å². The monoisotopic (exact) mass is 229 g/mol. The molecule has 0 aliphatic rings. The zero-order chi connectivity index (χ0) is 12.9. The predicted molar refractivity (Wildman–Crippen MR) is 63.3 cm³/mol. The Kier molecular flexibility index (Phi) is 5.48. The molecule has 0 saturated heterocycles. The van der Waals surface area contributed by atoms with Crippen molar-refractivity contribution in [3.8, 4) is 0 Å². The quantitative estimate of drug-likeness (QED) is 0.696. The van der Waals surface area contributed by atoms with Crippen molar-refractivity contribution in [3.05, 3.63) is 0 Å². The van der Waals surface area contributed by atoms with Gasteiger partial charge in [-0.2, -0.15) is 0 Å². The topological polar surface area (TPSA) is 46.6 Å². The molecule has 0 N–H and O–H groups in total. The smallest absolute Gasteiger partial charge is 0.410 e. The molecule has 1 atom stereocenters. The maximum atomic E-state index is 11.7. The van der Waals surface area contributed by atoms with Gasteiger partial charge in [-0.15, -0.1) is 0 Å². The lowest BCUT2D eigenvalue weighted by Crippen LogP contribution is -2.42. The third kappa shape index (κ3) is 5.73. The number of nitrogens with zero attached hydrogens (tertiary/aromatic N) is 1. The Labute approximate surface area is 98.0 Å². The average Bonchev–Trinajstić information content (AvgIpc) is 2.09. The van der Waals surface area contributed by atoms with E-state index in [2.05, 4.69) is 0 Å². The molecule has 1 amide bonds. The summed E-state index contributed by atoms with van der Waals surface area (Å²) in [6.45, 7) is 9.43. The van der Waals surface area contributed by atoms with Crippen LogP contribution in [0.15, 0.2) is 0 Å². The summed E-state index contributed by atoms with van der Waals surface area (Å²) in [6.07, 6.45) is 0.994. The summed E-state index contributed by atoms with van der Waals surface area (Å²) >= 11 is 0. The fourth-order valence-corrected chi connectivity index (χ4v) is 1.26. The molecule has 4 heteroatoms. The van der Waals surface area contributed by atoms with Crippen molar-refractivity contribution in [3.63, 3.8) is 0 Å². The Morgan fingerprint density at radius 2 is 1.88 bits per heavy atom. The van der Waals surface area contributed by atoms with E-state index in [0.717, 1.165) is 6.29 Å². The van der Waals surface area contributed by atoms with Crippen LogP contribution in [0, 0.1) is 5.92 Å². The lowest BCUT2D eigenvalue weighted by molar-refractivity contribution is -0.112. The van der Waals surface area contributed by atoms with Gasteiger partial charge >= 0.3 is 6.09 Å². The van der Waals surface area contributed by atoms with Gasteiger partial charge in [-0.05, 0) is 33.1 Å². The molecule has 0 saturated carbocycles. The van der Waals surface area contributed by atoms with Crippen molar-refractivity contribution in [2.75, 3.05) is 7.05 Å². The minimum Gasteiger partial charge on any atom is -0.444 e. The third-order valence-electron chi connectivity index (χ3n) is 2.05. The maximum Gasteiger partial charge on any atom is 0.410 e. The maximum absolute atomic E-state index is 11.7. The summed E-state index contributed by atoms with van der Waals surface area (Å²) in [6, 6.07) is -0.408. The molecule has 0 heterocycles. The first-order chi connectivity index (χ1) is 7.17. The van der Waals surface area contributed by atoms with E-state index in [9.17, 15) is 9.59 Å². The van der Waals surface area contributed by atoms with Crippen LogP contribution in [-0.4, -0.2) is 36.0 Å². The highest BCUT2D eigenvalue weighted by molar-refractivity contribution is 5.73. The number of rotatable bonds is 4. The fourth-order valence-electron chi connectivity index (χ4n) is 1.26. The van der Waals surface area contributed by atoms with Crippen LogP contribution in [0.25, 0.3) is 0 Å². The number of carbonyl (C=O) groups is 2. The molecule has 0 aromatic heterocycles. The van der Waals surface area contributed by atoms with Crippen LogP contribution in [0.5, 0.6) is 0 Å². The van der Waals surface area contributed by atoms with E-state index in [1.54, 1.807) is 27.8 Å². The molecule has 94 valence electrons. The van der Waals surface area contributed by atoms with E-state index < -0.39 is 17.7 Å². The van der Waals surface area contributed by atoms with Gasteiger partial charge in [-0.25, -0.2) is 4.79 Å². The van der Waals surface area contributed by atoms with Crippen LogP contribution in [0.1, 0.15) is 41.0 Å². The van der Waals surface area contributed by atoms with Gasteiger partial charge in [0, 0.05) is 7.05 Å². The summed E-state index contributed by atoms with van der Waals surface area (Å²) < 4.78 is 5.19. The first-order valence-electron chi connectivity index (χ1n) is 5.58. The van der Waals surface area contributed by atoms with Gasteiger partial charge in [0.05, 0.1) is 6.04 Å². The van der Waals surface area contributed by atoms with Gasteiger partial charge in [0.15, 0.2) is 0 Å². The van der Waals surface area contributed by atoms with E-state index in [-0.39, 0.29) is 0 Å². The molecular weight excluding hydrogens is 206 g/mol. The van der Waals surface area contributed by atoms with Gasteiger partial charge < -0.3 is 14.4 Å². The lowest BCUT2D eigenvalue weighted by atomic mass is 10.0. The van der Waals surface area contributed by atoms with E-state index in [1.165, 1.54) is 4.90 Å². The molecular formula is C12H23NO3. The molecule has 0 aliphatic carbocycles. The van der Waals surface area contributed by atoms with E-state index in [4.69, 9.17) is 4.74 Å². The first kappa shape index (κ1) is 14.9.